The monoisotopic (exact) mass is 285 g/mol. The lowest BCUT2D eigenvalue weighted by atomic mass is 10.0. The van der Waals surface area contributed by atoms with Crippen molar-refractivity contribution in [1.82, 2.24) is 9.97 Å². The van der Waals surface area contributed by atoms with Gasteiger partial charge in [0.1, 0.15) is 5.75 Å². The molecule has 1 unspecified atom stereocenters. The number of rotatable bonds is 6. The minimum Gasteiger partial charge on any atom is -0.424 e. The zero-order chi connectivity index (χ0) is 15.2. The third kappa shape index (κ3) is 4.53. The third-order valence-corrected chi connectivity index (χ3v) is 3.46. The topological polar surface area (TPSA) is 61.0 Å². The lowest BCUT2D eigenvalue weighted by molar-refractivity contribution is 0.440. The van der Waals surface area contributed by atoms with Crippen molar-refractivity contribution >= 4 is 0 Å². The van der Waals surface area contributed by atoms with Gasteiger partial charge in [0.2, 0.25) is 0 Å². The van der Waals surface area contributed by atoms with E-state index in [4.69, 9.17) is 10.5 Å². The van der Waals surface area contributed by atoms with E-state index < -0.39 is 0 Å². The summed E-state index contributed by atoms with van der Waals surface area (Å²) in [5, 5.41) is 0. The molecule has 1 heterocycles. The van der Waals surface area contributed by atoms with E-state index >= 15 is 0 Å². The Hall–Kier alpha value is -1.94. The van der Waals surface area contributed by atoms with Crippen molar-refractivity contribution < 1.29 is 4.74 Å². The molecule has 0 fully saturated rings. The van der Waals surface area contributed by atoms with Gasteiger partial charge in [0.05, 0.1) is 0 Å². The second kappa shape index (κ2) is 7.18. The Morgan fingerprint density at radius 3 is 2.24 bits per heavy atom. The summed E-state index contributed by atoms with van der Waals surface area (Å²) in [5.74, 6) is 1.26. The molecule has 0 aliphatic rings. The SMILES string of the molecule is CCC(N)Cc1cnc(Oc2ccc(C(C)C)cc2)nc1. The van der Waals surface area contributed by atoms with E-state index in [1.54, 1.807) is 12.4 Å². The summed E-state index contributed by atoms with van der Waals surface area (Å²) in [6, 6.07) is 8.53. The number of hydrogen-bond acceptors (Lipinski definition) is 4. The molecule has 4 nitrogen and oxygen atoms in total. The average molecular weight is 285 g/mol. The summed E-state index contributed by atoms with van der Waals surface area (Å²) < 4.78 is 5.65. The molecule has 2 N–H and O–H groups in total. The molecule has 0 amide bonds. The van der Waals surface area contributed by atoms with Gasteiger partial charge in [-0.2, -0.15) is 0 Å². The standard InChI is InChI=1S/C17H23N3O/c1-4-15(18)9-13-10-19-17(20-11-13)21-16-7-5-14(6-8-16)12(2)3/h5-8,10-12,15H,4,9,18H2,1-3H3. The molecule has 1 aromatic carbocycles. The Labute approximate surface area is 126 Å². The average Bonchev–Trinajstić information content (AvgIpc) is 2.49. The van der Waals surface area contributed by atoms with Gasteiger partial charge >= 0.3 is 6.01 Å². The number of benzene rings is 1. The molecule has 1 atom stereocenters. The van der Waals surface area contributed by atoms with Crippen LogP contribution in [0, 0.1) is 0 Å². The summed E-state index contributed by atoms with van der Waals surface area (Å²) in [6.07, 6.45) is 5.29. The van der Waals surface area contributed by atoms with Crippen LogP contribution in [-0.4, -0.2) is 16.0 Å². The molecule has 21 heavy (non-hydrogen) atoms. The Balaban J connectivity index is 1.99. The minimum atomic E-state index is 0.156. The van der Waals surface area contributed by atoms with Gasteiger partial charge in [0.15, 0.2) is 0 Å². The van der Waals surface area contributed by atoms with Crippen molar-refractivity contribution in [2.45, 2.75) is 45.6 Å². The van der Waals surface area contributed by atoms with Gasteiger partial charge in [-0.05, 0) is 42.0 Å². The lowest BCUT2D eigenvalue weighted by Crippen LogP contribution is -2.21. The van der Waals surface area contributed by atoms with Gasteiger partial charge in [-0.3, -0.25) is 0 Å². The first kappa shape index (κ1) is 15.4. The zero-order valence-corrected chi connectivity index (χ0v) is 12.9. The lowest BCUT2D eigenvalue weighted by Gasteiger charge is -2.09. The molecule has 0 spiro atoms. The Kier molecular flexibility index (Phi) is 5.28. The van der Waals surface area contributed by atoms with Crippen molar-refractivity contribution in [3.8, 4) is 11.8 Å². The van der Waals surface area contributed by atoms with E-state index in [-0.39, 0.29) is 6.04 Å². The fourth-order valence-electron chi connectivity index (χ4n) is 1.97. The molecule has 4 heteroatoms. The van der Waals surface area contributed by atoms with Crippen molar-refractivity contribution in [1.29, 1.82) is 0 Å². The minimum absolute atomic E-state index is 0.156. The van der Waals surface area contributed by atoms with Crippen LogP contribution in [0.25, 0.3) is 0 Å². The quantitative estimate of drug-likeness (QED) is 0.879. The summed E-state index contributed by atoms with van der Waals surface area (Å²) in [4.78, 5) is 8.46. The molecule has 0 saturated heterocycles. The van der Waals surface area contributed by atoms with Crippen LogP contribution in [0.3, 0.4) is 0 Å². The Morgan fingerprint density at radius 1 is 1.10 bits per heavy atom. The van der Waals surface area contributed by atoms with Gasteiger partial charge in [-0.25, -0.2) is 9.97 Å². The molecule has 2 aromatic rings. The van der Waals surface area contributed by atoms with Gasteiger partial charge in [0, 0.05) is 18.4 Å². The second-order valence-electron chi connectivity index (χ2n) is 5.57. The maximum Gasteiger partial charge on any atom is 0.321 e. The first-order chi connectivity index (χ1) is 10.1. The van der Waals surface area contributed by atoms with E-state index in [0.29, 0.717) is 11.9 Å². The molecule has 0 bridgehead atoms. The van der Waals surface area contributed by atoms with Crippen LogP contribution in [0.4, 0.5) is 0 Å². The van der Waals surface area contributed by atoms with E-state index in [9.17, 15) is 0 Å². The molecule has 2 rings (SSSR count). The van der Waals surface area contributed by atoms with Crippen molar-refractivity contribution in [2.24, 2.45) is 5.73 Å². The highest BCUT2D eigenvalue weighted by atomic mass is 16.5. The van der Waals surface area contributed by atoms with Crippen LogP contribution in [0.2, 0.25) is 0 Å². The number of ether oxygens (including phenoxy) is 1. The smallest absolute Gasteiger partial charge is 0.321 e. The highest BCUT2D eigenvalue weighted by Gasteiger charge is 2.05. The fraction of sp³-hybridized carbons (Fsp3) is 0.412. The van der Waals surface area contributed by atoms with E-state index in [0.717, 1.165) is 24.2 Å². The van der Waals surface area contributed by atoms with Crippen LogP contribution >= 0.6 is 0 Å². The van der Waals surface area contributed by atoms with Gasteiger partial charge in [-0.15, -0.1) is 0 Å². The second-order valence-corrected chi connectivity index (χ2v) is 5.57. The summed E-state index contributed by atoms with van der Waals surface area (Å²) in [6.45, 7) is 6.40. The first-order valence-electron chi connectivity index (χ1n) is 7.42. The summed E-state index contributed by atoms with van der Waals surface area (Å²) >= 11 is 0. The normalized spacial score (nSPS) is 12.4. The van der Waals surface area contributed by atoms with E-state index in [1.165, 1.54) is 5.56 Å². The fourth-order valence-corrected chi connectivity index (χ4v) is 1.97. The highest BCUT2D eigenvalue weighted by Crippen LogP contribution is 2.21. The highest BCUT2D eigenvalue weighted by molar-refractivity contribution is 5.30. The Morgan fingerprint density at radius 2 is 1.71 bits per heavy atom. The van der Waals surface area contributed by atoms with Crippen LogP contribution < -0.4 is 10.5 Å². The number of aromatic nitrogens is 2. The van der Waals surface area contributed by atoms with E-state index in [2.05, 4.69) is 42.9 Å². The predicted molar refractivity (Wildman–Crippen MR) is 84.6 cm³/mol. The van der Waals surface area contributed by atoms with Crippen LogP contribution in [0.1, 0.15) is 44.2 Å². The van der Waals surface area contributed by atoms with Gasteiger partial charge < -0.3 is 10.5 Å². The summed E-state index contributed by atoms with van der Waals surface area (Å²) in [7, 11) is 0. The van der Waals surface area contributed by atoms with Crippen molar-refractivity contribution in [2.75, 3.05) is 0 Å². The molecular weight excluding hydrogens is 262 g/mol. The maximum absolute atomic E-state index is 5.92. The van der Waals surface area contributed by atoms with E-state index in [1.807, 2.05) is 12.1 Å². The largest absolute Gasteiger partial charge is 0.424 e. The third-order valence-electron chi connectivity index (χ3n) is 3.46. The molecule has 0 radical (unpaired) electrons. The molecule has 0 saturated carbocycles. The molecule has 0 aliphatic heterocycles. The maximum atomic E-state index is 5.92. The Bertz CT molecular complexity index is 549. The number of hydrogen-bond donors (Lipinski definition) is 1. The van der Waals surface area contributed by atoms with Gasteiger partial charge in [0.25, 0.3) is 0 Å². The molecule has 112 valence electrons. The molecule has 0 aliphatic carbocycles. The number of nitrogens with two attached hydrogens (primary N) is 1. The number of nitrogens with zero attached hydrogens (tertiary/aromatic N) is 2. The van der Waals surface area contributed by atoms with Gasteiger partial charge in [-0.1, -0.05) is 32.9 Å². The van der Waals surface area contributed by atoms with Crippen molar-refractivity contribution in [3.63, 3.8) is 0 Å². The van der Waals surface area contributed by atoms with Crippen molar-refractivity contribution in [3.05, 3.63) is 47.8 Å². The molecular formula is C17H23N3O. The van der Waals surface area contributed by atoms with Crippen LogP contribution in [0.15, 0.2) is 36.7 Å². The molecule has 1 aromatic heterocycles. The first-order valence-corrected chi connectivity index (χ1v) is 7.42. The summed E-state index contributed by atoms with van der Waals surface area (Å²) in [5.41, 5.74) is 8.24. The zero-order valence-electron chi connectivity index (χ0n) is 12.9. The van der Waals surface area contributed by atoms with Crippen LogP contribution in [-0.2, 0) is 6.42 Å². The predicted octanol–water partition coefficient (Wildman–Crippen LogP) is 3.67. The van der Waals surface area contributed by atoms with Crippen LogP contribution in [0.5, 0.6) is 11.8 Å².